The third kappa shape index (κ3) is 16.7. The van der Waals surface area contributed by atoms with E-state index in [1.165, 1.54) is 24.7 Å². The van der Waals surface area contributed by atoms with Gasteiger partial charge in [-0.1, -0.05) is 226 Å². The van der Waals surface area contributed by atoms with Crippen LogP contribution in [0.25, 0.3) is 0 Å². The van der Waals surface area contributed by atoms with Gasteiger partial charge in [-0.2, -0.15) is 0 Å². The Morgan fingerprint density at radius 3 is 1.21 bits per heavy atom. The molecule has 4 N–H and O–H groups in total. The number of hydrogen-bond acceptors (Lipinski definition) is 10. The molecule has 6 heterocycles. The van der Waals surface area contributed by atoms with Crippen LogP contribution in [0.4, 0.5) is 9.18 Å². The normalized spacial score (nSPS) is 13.1. The van der Waals surface area contributed by atoms with Crippen molar-refractivity contribution in [3.8, 4) is 0 Å². The van der Waals surface area contributed by atoms with Crippen LogP contribution in [-0.4, -0.2) is 69.8 Å². The highest BCUT2D eigenvalue weighted by atomic mass is 79.9. The second kappa shape index (κ2) is 32.5. The molecule has 20 heteroatoms. The van der Waals surface area contributed by atoms with Crippen molar-refractivity contribution in [2.24, 2.45) is 0 Å². The Hall–Kier alpha value is -9.53. The van der Waals surface area contributed by atoms with Gasteiger partial charge in [0.25, 0.3) is 16.7 Å². The maximum atomic E-state index is 14.4. The number of nitrogens with zero attached hydrogens (tertiary/aromatic N) is 5. The van der Waals surface area contributed by atoms with Crippen LogP contribution in [0.5, 0.6) is 0 Å². The van der Waals surface area contributed by atoms with E-state index in [0.29, 0.717) is 90.1 Å². The summed E-state index contributed by atoms with van der Waals surface area (Å²) in [5.74, 6) is -0.285. The van der Waals surface area contributed by atoms with E-state index >= 15 is 0 Å². The molecule has 0 unspecified atom stereocenters. The summed E-state index contributed by atoms with van der Waals surface area (Å²) in [4.78, 5) is 105. The highest BCUT2D eigenvalue weighted by Gasteiger charge is 2.32. The van der Waals surface area contributed by atoms with Gasteiger partial charge in [0.1, 0.15) is 11.4 Å². The maximum absolute atomic E-state index is 14.4. The van der Waals surface area contributed by atoms with E-state index in [9.17, 15) is 38.0 Å². The molecule has 0 radical (unpaired) electrons. The van der Waals surface area contributed by atoms with Gasteiger partial charge in [0.15, 0.2) is 0 Å². The number of amides is 1. The fourth-order valence-corrected chi connectivity index (χ4v) is 12.4. The quantitative estimate of drug-likeness (QED) is 0.0963. The van der Waals surface area contributed by atoms with Crippen molar-refractivity contribution in [2.75, 3.05) is 19.6 Å². The molecule has 17 nitrogen and oxygen atoms in total. The Morgan fingerprint density at radius 1 is 0.495 bits per heavy atom. The Balaban J connectivity index is 0.000000199. The molecule has 0 atom stereocenters. The second-order valence-corrected chi connectivity index (χ2v) is 24.5. The molecule has 0 bridgehead atoms. The minimum Gasteiger partial charge on any atom is -0.444 e. The predicted molar refractivity (Wildman–Crippen MR) is 379 cm³/mol. The number of nitrogens with one attached hydrogen (secondary N) is 4. The number of fused-ring (bicyclic) bond motifs is 3. The number of carbonyl (C=O) groups is 1. The number of rotatable bonds is 11. The Kier molecular flexibility index (Phi) is 25.0. The topological polar surface area (TPSA) is 209 Å². The van der Waals surface area contributed by atoms with Crippen LogP contribution in [0.15, 0.2) is 233 Å². The van der Waals surface area contributed by atoms with Crippen LogP contribution in [0.3, 0.4) is 0 Å². The van der Waals surface area contributed by atoms with Crippen LogP contribution in [0, 0.1) is 5.82 Å². The summed E-state index contributed by atoms with van der Waals surface area (Å²) >= 11 is 3.29. The molecular weight excluding hydrogens is 1290 g/mol. The molecule has 95 heavy (non-hydrogen) atoms. The highest BCUT2D eigenvalue weighted by Crippen LogP contribution is 2.29. The lowest BCUT2D eigenvalue weighted by atomic mass is 9.97. The van der Waals surface area contributed by atoms with Crippen molar-refractivity contribution in [1.82, 2.24) is 43.8 Å². The van der Waals surface area contributed by atoms with E-state index in [-0.39, 0.29) is 63.9 Å². The number of benzene rings is 7. The van der Waals surface area contributed by atoms with Crippen molar-refractivity contribution in [3.05, 3.63) is 346 Å². The maximum Gasteiger partial charge on any atom is 0.410 e. The van der Waals surface area contributed by atoms with E-state index < -0.39 is 46.8 Å². The molecule has 0 fully saturated rings. The average Bonchev–Trinajstić information content (AvgIpc) is 0.780. The molecule has 0 saturated heterocycles. The third-order valence-corrected chi connectivity index (χ3v) is 16.9. The molecule has 10 aromatic rings. The van der Waals surface area contributed by atoms with Crippen LogP contribution in [-0.2, 0) is 50.2 Å². The standard InChI is InChI=1S/C27H23BrFN3O2.C25H27N3O4.C20H19N3O2.3CH4.ClH/c28-21-12-11-20(23(29)15-21)16-31-14-13-24-22(17-31)26(33)32(27(34)30-24)25(18-7-3-1-4-8-18)19-9-5-2-6-10-19;1-25(2,3)32-24(31)27-15-14-20-19(16-27)22(29)28(23(30)26-20)21(17-10-6-4-7-11-17)18-12-8-5-9-13-18;24-19-16-13-21-12-11-17(16)22-20(25)23(19)18(14-7-3-1-4-8-14)15-9-5-2-6-10-15;;;;/h1-12,15,25H,13-14,16-17H2,(H,30,34);4-13,21H,14-16H2,1-3H3,(H,26,30);1-10,18,21H,11-13H2,(H,22,25);3*1H4;1H. The molecule has 0 aliphatic carbocycles. The summed E-state index contributed by atoms with van der Waals surface area (Å²) in [7, 11) is 0. The number of aromatic nitrogens is 6. The van der Waals surface area contributed by atoms with Gasteiger partial charge in [0, 0.05) is 85.6 Å². The van der Waals surface area contributed by atoms with Crippen molar-refractivity contribution < 1.29 is 13.9 Å². The van der Waals surface area contributed by atoms with Gasteiger partial charge >= 0.3 is 23.2 Å². The van der Waals surface area contributed by atoms with Gasteiger partial charge in [-0.3, -0.25) is 19.3 Å². The first-order valence-electron chi connectivity index (χ1n) is 30.3. The molecule has 0 spiro atoms. The lowest BCUT2D eigenvalue weighted by Gasteiger charge is -2.31. The van der Waals surface area contributed by atoms with E-state index in [0.717, 1.165) is 45.6 Å². The zero-order chi connectivity index (χ0) is 63.8. The van der Waals surface area contributed by atoms with Crippen molar-refractivity contribution >= 4 is 34.4 Å². The molecule has 13 rings (SSSR count). The summed E-state index contributed by atoms with van der Waals surface area (Å²) in [5.41, 5.74) is 6.58. The second-order valence-electron chi connectivity index (χ2n) is 23.6. The van der Waals surface area contributed by atoms with Gasteiger partial charge in [-0.05, 0) is 66.3 Å². The number of ether oxygens (including phenoxy) is 1. The van der Waals surface area contributed by atoms with E-state index in [1.54, 1.807) is 26.8 Å². The summed E-state index contributed by atoms with van der Waals surface area (Å²) in [5, 5.41) is 3.21. The third-order valence-electron chi connectivity index (χ3n) is 16.4. The first-order chi connectivity index (χ1) is 44.0. The molecule has 0 saturated carbocycles. The van der Waals surface area contributed by atoms with Gasteiger partial charge in [0.2, 0.25) is 0 Å². The van der Waals surface area contributed by atoms with Crippen LogP contribution < -0.4 is 39.1 Å². The zero-order valence-electron chi connectivity index (χ0n) is 51.0. The first-order valence-corrected chi connectivity index (χ1v) is 31.0. The fourth-order valence-electron chi connectivity index (χ4n) is 12.1. The fraction of sp³-hybridized carbons (Fsp3) is 0.267. The van der Waals surface area contributed by atoms with E-state index in [2.05, 4.69) is 36.2 Å². The van der Waals surface area contributed by atoms with Gasteiger partial charge in [-0.25, -0.2) is 37.3 Å². The SMILES string of the molecule is C.C.C.CC(C)(C)OC(=O)N1CCc2[nH]c(=O)n(C(c3ccccc3)c3ccccc3)c(=O)c2C1.Cl.O=c1[nH]c2c(c(=O)n1C(c1ccccc1)c1ccccc1)CN(Cc1ccc(Br)cc1F)CC2.O=c1[nH]c2c(c(=O)n1C(c1ccccc1)c1ccccc1)CNCC2. The summed E-state index contributed by atoms with van der Waals surface area (Å²) in [6, 6.07) is 60.7. The monoisotopic (exact) mass is 1370 g/mol. The Bertz CT molecular complexity index is 4460. The number of H-pyrrole nitrogens is 3. The van der Waals surface area contributed by atoms with E-state index in [4.69, 9.17) is 4.74 Å². The smallest absolute Gasteiger partial charge is 0.410 e. The number of carbonyl (C=O) groups excluding carboxylic acids is 1. The molecule has 496 valence electrons. The predicted octanol–water partition coefficient (Wildman–Crippen LogP) is 12.3. The lowest BCUT2D eigenvalue weighted by Crippen LogP contribution is -2.47. The minimum atomic E-state index is -0.631. The molecule has 3 aliphatic rings. The Labute approximate surface area is 566 Å². The van der Waals surface area contributed by atoms with Gasteiger partial charge < -0.3 is 29.9 Å². The highest BCUT2D eigenvalue weighted by molar-refractivity contribution is 9.10. The largest absolute Gasteiger partial charge is 0.444 e. The molecular formula is C75H82BrClFN9O8. The average molecular weight is 1370 g/mol. The number of aromatic amines is 3. The Morgan fingerprint density at radius 2 is 0.842 bits per heavy atom. The van der Waals surface area contributed by atoms with E-state index in [1.807, 2.05) is 193 Å². The van der Waals surface area contributed by atoms with Crippen LogP contribution in [0.1, 0.15) is 134 Å². The lowest BCUT2D eigenvalue weighted by molar-refractivity contribution is 0.0221. The zero-order valence-corrected chi connectivity index (χ0v) is 53.4. The van der Waals surface area contributed by atoms with Gasteiger partial charge in [-0.15, -0.1) is 12.4 Å². The molecule has 1 amide bonds. The molecule has 3 aromatic heterocycles. The van der Waals surface area contributed by atoms with Crippen LogP contribution >= 0.6 is 28.3 Å². The first kappa shape index (κ1) is 72.9. The summed E-state index contributed by atoms with van der Waals surface area (Å²) in [6.07, 6.45) is 1.12. The minimum absolute atomic E-state index is 0. The summed E-state index contributed by atoms with van der Waals surface area (Å²) < 4.78 is 24.5. The van der Waals surface area contributed by atoms with Crippen molar-refractivity contribution in [2.45, 2.75) is 112 Å². The van der Waals surface area contributed by atoms with Gasteiger partial charge in [0.05, 0.1) is 41.4 Å². The molecule has 3 aliphatic heterocycles. The molecule has 7 aromatic carbocycles. The van der Waals surface area contributed by atoms with Crippen molar-refractivity contribution in [1.29, 1.82) is 0 Å². The number of halogens is 3. The van der Waals surface area contributed by atoms with Crippen molar-refractivity contribution in [3.63, 3.8) is 0 Å². The number of hydrogen-bond donors (Lipinski definition) is 4. The van der Waals surface area contributed by atoms with Crippen LogP contribution in [0.2, 0.25) is 0 Å². The summed E-state index contributed by atoms with van der Waals surface area (Å²) in [6.45, 7) is 8.50.